The second kappa shape index (κ2) is 6.26. The maximum atomic E-state index is 6.16. The Hall–Kier alpha value is -1.88. The lowest BCUT2D eigenvalue weighted by atomic mass is 9.88. The Labute approximate surface area is 124 Å². The van der Waals surface area contributed by atoms with Crippen LogP contribution in [0.4, 0.5) is 0 Å². The highest BCUT2D eigenvalue weighted by atomic mass is 16.5. The van der Waals surface area contributed by atoms with E-state index in [4.69, 9.17) is 15.0 Å². The number of rotatable bonds is 5. The quantitative estimate of drug-likeness (QED) is 0.915. The Kier molecular flexibility index (Phi) is 4.20. The van der Waals surface area contributed by atoms with Gasteiger partial charge in [0, 0.05) is 12.5 Å². The normalized spacial score (nSPS) is 17.5. The van der Waals surface area contributed by atoms with E-state index in [9.17, 15) is 0 Å². The summed E-state index contributed by atoms with van der Waals surface area (Å²) >= 11 is 0. The summed E-state index contributed by atoms with van der Waals surface area (Å²) in [6, 6.07) is 6.28. The lowest BCUT2D eigenvalue weighted by Crippen LogP contribution is -2.17. The van der Waals surface area contributed by atoms with Gasteiger partial charge in [-0.1, -0.05) is 18.1 Å². The zero-order valence-corrected chi connectivity index (χ0v) is 12.3. The van der Waals surface area contributed by atoms with Crippen LogP contribution < -0.4 is 10.5 Å². The molecule has 0 radical (unpaired) electrons. The Morgan fingerprint density at radius 2 is 2.33 bits per heavy atom. The maximum Gasteiger partial charge on any atom is 0.226 e. The van der Waals surface area contributed by atoms with Crippen molar-refractivity contribution in [2.75, 3.05) is 0 Å². The summed E-state index contributed by atoms with van der Waals surface area (Å²) in [4.78, 5) is 4.29. The first kappa shape index (κ1) is 14.1. The van der Waals surface area contributed by atoms with Crippen LogP contribution in [0, 0.1) is 0 Å². The van der Waals surface area contributed by atoms with E-state index in [-0.39, 0.29) is 6.04 Å². The molecule has 0 saturated heterocycles. The molecule has 2 N–H and O–H groups in total. The van der Waals surface area contributed by atoms with Crippen LogP contribution in [0.1, 0.15) is 55.1 Å². The lowest BCUT2D eigenvalue weighted by Gasteiger charge is -2.22. The first-order valence-electron chi connectivity index (χ1n) is 7.59. The molecule has 0 bridgehead atoms. The van der Waals surface area contributed by atoms with Crippen LogP contribution in [0.3, 0.4) is 0 Å². The molecule has 0 amide bonds. The van der Waals surface area contributed by atoms with Crippen LogP contribution in [0.25, 0.3) is 0 Å². The van der Waals surface area contributed by atoms with Gasteiger partial charge in [-0.15, -0.1) is 0 Å². The van der Waals surface area contributed by atoms with E-state index in [1.807, 2.05) is 12.1 Å². The van der Waals surface area contributed by atoms with Gasteiger partial charge in [-0.2, -0.15) is 4.98 Å². The van der Waals surface area contributed by atoms with E-state index in [0.29, 0.717) is 18.3 Å². The van der Waals surface area contributed by atoms with Crippen molar-refractivity contribution >= 4 is 0 Å². The summed E-state index contributed by atoms with van der Waals surface area (Å²) < 4.78 is 10.9. The standard InChI is InChI=1S/C16H21N3O2/c1-2-4-16-18-15(19-21-16)10-20-12-8-7-11-5-3-6-14(17)13(11)9-12/h7-9,14H,2-6,10,17H2,1H3/t14-/m0/s1. The lowest BCUT2D eigenvalue weighted by molar-refractivity contribution is 0.284. The molecular weight excluding hydrogens is 266 g/mol. The molecule has 1 aromatic carbocycles. The van der Waals surface area contributed by atoms with Crippen molar-refractivity contribution in [2.24, 2.45) is 5.73 Å². The summed E-state index contributed by atoms with van der Waals surface area (Å²) in [6.07, 6.45) is 5.11. The van der Waals surface area contributed by atoms with Gasteiger partial charge in [-0.3, -0.25) is 0 Å². The maximum absolute atomic E-state index is 6.16. The molecule has 1 aliphatic carbocycles. The van der Waals surface area contributed by atoms with E-state index < -0.39 is 0 Å². The molecular formula is C16H21N3O2. The molecule has 1 aromatic heterocycles. The highest BCUT2D eigenvalue weighted by molar-refractivity contribution is 5.39. The van der Waals surface area contributed by atoms with Crippen molar-refractivity contribution in [3.63, 3.8) is 0 Å². The van der Waals surface area contributed by atoms with E-state index >= 15 is 0 Å². The molecule has 1 aliphatic rings. The molecule has 112 valence electrons. The SMILES string of the molecule is CCCc1nc(COc2ccc3c(c2)[C@@H](N)CCC3)no1. The first-order valence-corrected chi connectivity index (χ1v) is 7.59. The highest BCUT2D eigenvalue weighted by Crippen LogP contribution is 2.31. The molecule has 1 heterocycles. The smallest absolute Gasteiger partial charge is 0.226 e. The second-order valence-corrected chi connectivity index (χ2v) is 5.50. The molecule has 3 rings (SSSR count). The molecule has 0 unspecified atom stereocenters. The monoisotopic (exact) mass is 287 g/mol. The number of nitrogens with zero attached hydrogens (tertiary/aromatic N) is 2. The van der Waals surface area contributed by atoms with Crippen LogP contribution in [-0.2, 0) is 19.4 Å². The fourth-order valence-corrected chi connectivity index (χ4v) is 2.72. The summed E-state index contributed by atoms with van der Waals surface area (Å²) in [7, 11) is 0. The Morgan fingerprint density at radius 3 is 3.19 bits per heavy atom. The van der Waals surface area contributed by atoms with Gasteiger partial charge < -0.3 is 15.0 Å². The predicted molar refractivity (Wildman–Crippen MR) is 78.9 cm³/mol. The molecule has 2 aromatic rings. The van der Waals surface area contributed by atoms with Crippen molar-refractivity contribution < 1.29 is 9.26 Å². The minimum absolute atomic E-state index is 0.124. The number of aryl methyl sites for hydroxylation is 2. The van der Waals surface area contributed by atoms with Crippen LogP contribution in [-0.4, -0.2) is 10.1 Å². The van der Waals surface area contributed by atoms with Crippen molar-refractivity contribution in [1.29, 1.82) is 0 Å². The van der Waals surface area contributed by atoms with E-state index in [1.54, 1.807) is 0 Å². The molecule has 0 aliphatic heterocycles. The van der Waals surface area contributed by atoms with Crippen LogP contribution in [0.5, 0.6) is 5.75 Å². The van der Waals surface area contributed by atoms with Gasteiger partial charge in [0.05, 0.1) is 0 Å². The molecule has 5 heteroatoms. The van der Waals surface area contributed by atoms with Crippen molar-refractivity contribution in [3.8, 4) is 5.75 Å². The second-order valence-electron chi connectivity index (χ2n) is 5.50. The molecule has 0 saturated carbocycles. The molecule has 1 atom stereocenters. The largest absolute Gasteiger partial charge is 0.485 e. The van der Waals surface area contributed by atoms with E-state index in [1.165, 1.54) is 11.1 Å². The van der Waals surface area contributed by atoms with E-state index in [2.05, 4.69) is 23.1 Å². The fraction of sp³-hybridized carbons (Fsp3) is 0.500. The average molecular weight is 287 g/mol. The number of hydrogen-bond acceptors (Lipinski definition) is 5. The van der Waals surface area contributed by atoms with Gasteiger partial charge in [0.15, 0.2) is 6.61 Å². The summed E-state index contributed by atoms with van der Waals surface area (Å²) in [5.41, 5.74) is 8.71. The topological polar surface area (TPSA) is 74.2 Å². The number of benzene rings is 1. The molecule has 0 spiro atoms. The molecule has 5 nitrogen and oxygen atoms in total. The zero-order chi connectivity index (χ0) is 14.7. The Balaban J connectivity index is 1.66. The van der Waals surface area contributed by atoms with Crippen LogP contribution in [0.15, 0.2) is 22.7 Å². The summed E-state index contributed by atoms with van der Waals surface area (Å²) in [5, 5.41) is 3.92. The summed E-state index contributed by atoms with van der Waals surface area (Å²) in [6.45, 7) is 2.40. The van der Waals surface area contributed by atoms with Crippen molar-refractivity contribution in [1.82, 2.24) is 10.1 Å². The number of aromatic nitrogens is 2. The van der Waals surface area contributed by atoms with Gasteiger partial charge >= 0.3 is 0 Å². The molecule has 21 heavy (non-hydrogen) atoms. The van der Waals surface area contributed by atoms with Gasteiger partial charge in [-0.05, 0) is 48.9 Å². The number of nitrogens with two attached hydrogens (primary N) is 1. The van der Waals surface area contributed by atoms with Gasteiger partial charge in [0.2, 0.25) is 11.7 Å². The van der Waals surface area contributed by atoms with Crippen LogP contribution >= 0.6 is 0 Å². The van der Waals surface area contributed by atoms with Crippen molar-refractivity contribution in [2.45, 2.75) is 51.7 Å². The fourth-order valence-electron chi connectivity index (χ4n) is 2.72. The Bertz CT molecular complexity index is 609. The van der Waals surface area contributed by atoms with Crippen LogP contribution in [0.2, 0.25) is 0 Å². The minimum Gasteiger partial charge on any atom is -0.485 e. The Morgan fingerprint density at radius 1 is 1.43 bits per heavy atom. The third-order valence-corrected chi connectivity index (χ3v) is 3.82. The summed E-state index contributed by atoms with van der Waals surface area (Å²) in [5.74, 6) is 2.07. The highest BCUT2D eigenvalue weighted by Gasteiger charge is 2.17. The van der Waals surface area contributed by atoms with Crippen molar-refractivity contribution in [3.05, 3.63) is 41.0 Å². The first-order chi connectivity index (χ1) is 10.3. The van der Waals surface area contributed by atoms with Gasteiger partial charge in [0.1, 0.15) is 5.75 Å². The predicted octanol–water partition coefficient (Wildman–Crippen LogP) is 2.94. The minimum atomic E-state index is 0.124. The van der Waals surface area contributed by atoms with E-state index in [0.717, 1.165) is 37.9 Å². The number of fused-ring (bicyclic) bond motifs is 1. The average Bonchev–Trinajstić information content (AvgIpc) is 2.94. The third-order valence-electron chi connectivity index (χ3n) is 3.82. The van der Waals surface area contributed by atoms with Gasteiger partial charge in [0.25, 0.3) is 0 Å². The molecule has 0 fully saturated rings. The zero-order valence-electron chi connectivity index (χ0n) is 12.3. The number of ether oxygens (including phenoxy) is 1. The third kappa shape index (κ3) is 3.24. The van der Waals surface area contributed by atoms with Gasteiger partial charge in [-0.25, -0.2) is 0 Å². The number of hydrogen-bond donors (Lipinski definition) is 1.